The van der Waals surface area contributed by atoms with Crippen molar-refractivity contribution in [3.63, 3.8) is 0 Å². The first kappa shape index (κ1) is 17.2. The smallest absolute Gasteiger partial charge is 0.147 e. The molecule has 0 unspecified atom stereocenters. The van der Waals surface area contributed by atoms with E-state index in [4.69, 9.17) is 9.97 Å². The van der Waals surface area contributed by atoms with Gasteiger partial charge in [0.1, 0.15) is 5.65 Å². The molecule has 0 aliphatic heterocycles. The molecule has 3 heterocycles. The molecule has 0 amide bonds. The molecule has 0 atom stereocenters. The number of rotatable bonds is 1. The Morgan fingerprint density at radius 3 is 2.27 bits per heavy atom. The molecular weight excluding hydrogens is 366 g/mol. The van der Waals surface area contributed by atoms with Crippen LogP contribution >= 0.6 is 0 Å². The van der Waals surface area contributed by atoms with Gasteiger partial charge < -0.3 is 0 Å². The highest BCUT2D eigenvalue weighted by molar-refractivity contribution is 6.12. The van der Waals surface area contributed by atoms with Crippen LogP contribution in [0.15, 0.2) is 72.8 Å². The Labute approximate surface area is 174 Å². The minimum absolute atomic E-state index is 0.963. The lowest BCUT2D eigenvalue weighted by atomic mass is 9.94. The van der Waals surface area contributed by atoms with Crippen LogP contribution in [0, 0.1) is 20.8 Å². The van der Waals surface area contributed by atoms with E-state index < -0.39 is 0 Å². The quantitative estimate of drug-likeness (QED) is 0.291. The Balaban J connectivity index is 1.85. The molecule has 144 valence electrons. The summed E-state index contributed by atoms with van der Waals surface area (Å²) in [5.41, 5.74) is 11.4. The van der Waals surface area contributed by atoms with Crippen molar-refractivity contribution in [2.45, 2.75) is 20.8 Å². The average Bonchev–Trinajstić information content (AvgIpc) is 3.13. The maximum Gasteiger partial charge on any atom is 0.147 e. The van der Waals surface area contributed by atoms with Crippen LogP contribution in [0.5, 0.6) is 0 Å². The third kappa shape index (κ3) is 2.32. The zero-order valence-corrected chi connectivity index (χ0v) is 17.3. The maximum atomic E-state index is 4.98. The largest absolute Gasteiger partial charge is 0.292 e. The van der Waals surface area contributed by atoms with Crippen molar-refractivity contribution in [3.8, 4) is 11.1 Å². The number of pyridine rings is 2. The highest BCUT2D eigenvalue weighted by Crippen LogP contribution is 2.35. The molecule has 6 rings (SSSR count). The van der Waals surface area contributed by atoms with Gasteiger partial charge in [0.15, 0.2) is 0 Å². The Bertz CT molecular complexity index is 1600. The van der Waals surface area contributed by atoms with Crippen LogP contribution in [-0.4, -0.2) is 14.4 Å². The summed E-state index contributed by atoms with van der Waals surface area (Å²) in [6.45, 7) is 6.41. The normalized spacial score (nSPS) is 11.8. The van der Waals surface area contributed by atoms with Crippen molar-refractivity contribution in [2.24, 2.45) is 0 Å². The molecule has 3 nitrogen and oxygen atoms in total. The summed E-state index contributed by atoms with van der Waals surface area (Å²) in [6.07, 6.45) is 0. The van der Waals surface area contributed by atoms with E-state index in [0.717, 1.165) is 44.2 Å². The third-order valence-electron chi connectivity index (χ3n) is 6.10. The molecule has 0 saturated carbocycles. The van der Waals surface area contributed by atoms with E-state index in [1.165, 1.54) is 22.3 Å². The summed E-state index contributed by atoms with van der Waals surface area (Å²) in [5.74, 6) is 0. The molecule has 3 heteroatoms. The van der Waals surface area contributed by atoms with Crippen LogP contribution in [0.1, 0.15) is 16.8 Å². The van der Waals surface area contributed by atoms with Gasteiger partial charge in [-0.15, -0.1) is 0 Å². The number of nitrogens with zero attached hydrogens (tertiary/aromatic N) is 3. The lowest BCUT2D eigenvalue weighted by Gasteiger charge is -2.13. The highest BCUT2D eigenvalue weighted by atomic mass is 15.0. The van der Waals surface area contributed by atoms with Crippen LogP contribution in [-0.2, 0) is 0 Å². The number of aromatic nitrogens is 3. The molecule has 0 spiro atoms. The zero-order chi connectivity index (χ0) is 20.4. The molecule has 3 aromatic carbocycles. The molecule has 0 radical (unpaired) electrons. The predicted octanol–water partition coefficient (Wildman–Crippen LogP) is 6.78. The molecule has 0 saturated heterocycles. The first-order valence-electron chi connectivity index (χ1n) is 10.3. The first-order valence-corrected chi connectivity index (χ1v) is 10.3. The second kappa shape index (κ2) is 6.14. The van der Waals surface area contributed by atoms with Gasteiger partial charge in [0.2, 0.25) is 0 Å². The fourth-order valence-corrected chi connectivity index (χ4v) is 4.74. The van der Waals surface area contributed by atoms with Gasteiger partial charge >= 0.3 is 0 Å². The summed E-state index contributed by atoms with van der Waals surface area (Å²) in [6, 6.07) is 25.8. The summed E-state index contributed by atoms with van der Waals surface area (Å²) < 4.78 is 2.29. The van der Waals surface area contributed by atoms with Gasteiger partial charge in [-0.1, -0.05) is 42.5 Å². The Hall–Kier alpha value is -3.72. The van der Waals surface area contributed by atoms with Gasteiger partial charge in [0, 0.05) is 16.5 Å². The van der Waals surface area contributed by atoms with E-state index in [-0.39, 0.29) is 0 Å². The van der Waals surface area contributed by atoms with E-state index in [1.54, 1.807) is 0 Å². The Kier molecular flexibility index (Phi) is 3.51. The topological polar surface area (TPSA) is 30.2 Å². The number of aryl methyl sites for hydroxylation is 3. The van der Waals surface area contributed by atoms with E-state index >= 15 is 0 Å². The van der Waals surface area contributed by atoms with Crippen molar-refractivity contribution in [1.82, 2.24) is 14.4 Å². The second-order valence-electron chi connectivity index (χ2n) is 8.11. The molecule has 3 aromatic heterocycles. The van der Waals surface area contributed by atoms with Crippen molar-refractivity contribution in [2.75, 3.05) is 0 Å². The molecule has 0 bridgehead atoms. The van der Waals surface area contributed by atoms with Gasteiger partial charge in [-0.2, -0.15) is 0 Å². The van der Waals surface area contributed by atoms with Gasteiger partial charge in [-0.25, -0.2) is 4.98 Å². The van der Waals surface area contributed by atoms with Crippen molar-refractivity contribution in [3.05, 3.63) is 89.6 Å². The minimum Gasteiger partial charge on any atom is -0.292 e. The number of fused-ring (bicyclic) bond motifs is 8. The van der Waals surface area contributed by atoms with Crippen molar-refractivity contribution < 1.29 is 0 Å². The second-order valence-corrected chi connectivity index (χ2v) is 8.11. The van der Waals surface area contributed by atoms with Crippen LogP contribution in [0.3, 0.4) is 0 Å². The molecule has 0 aliphatic rings. The molecule has 0 fully saturated rings. The van der Waals surface area contributed by atoms with E-state index in [0.29, 0.717) is 0 Å². The lowest BCUT2D eigenvalue weighted by molar-refractivity contribution is 1.25. The number of hydrogen-bond acceptors (Lipinski definition) is 2. The summed E-state index contributed by atoms with van der Waals surface area (Å²) in [5, 5.41) is 2.24. The van der Waals surface area contributed by atoms with Gasteiger partial charge in [0.25, 0.3) is 0 Å². The number of hydrogen-bond donors (Lipinski definition) is 0. The molecular formula is C27H21N3. The third-order valence-corrected chi connectivity index (χ3v) is 6.10. The number of benzene rings is 3. The first-order chi connectivity index (χ1) is 14.6. The van der Waals surface area contributed by atoms with Crippen LogP contribution in [0.2, 0.25) is 0 Å². The monoisotopic (exact) mass is 387 g/mol. The van der Waals surface area contributed by atoms with Gasteiger partial charge in [0.05, 0.1) is 22.1 Å². The fraction of sp³-hybridized carbons (Fsp3) is 0.111. The van der Waals surface area contributed by atoms with Crippen LogP contribution in [0.25, 0.3) is 49.6 Å². The lowest BCUT2D eigenvalue weighted by Crippen LogP contribution is -1.95. The van der Waals surface area contributed by atoms with Crippen LogP contribution < -0.4 is 0 Å². The number of para-hydroxylation sites is 2. The standard InChI is InChI=1S/C27H21N3/c1-16-7-6-8-17(2)25(16)19-12-14-20-24(15-19)30-23-10-5-4-9-22(23)29-27(30)21-13-11-18(3)28-26(20)21/h4-15H,1-3H3. The summed E-state index contributed by atoms with van der Waals surface area (Å²) in [7, 11) is 0. The van der Waals surface area contributed by atoms with E-state index in [9.17, 15) is 0 Å². The average molecular weight is 387 g/mol. The highest BCUT2D eigenvalue weighted by Gasteiger charge is 2.16. The summed E-state index contributed by atoms with van der Waals surface area (Å²) >= 11 is 0. The van der Waals surface area contributed by atoms with Gasteiger partial charge in [-0.3, -0.25) is 9.38 Å². The molecule has 6 aromatic rings. The predicted molar refractivity (Wildman–Crippen MR) is 125 cm³/mol. The zero-order valence-electron chi connectivity index (χ0n) is 17.3. The number of imidazole rings is 1. The molecule has 0 N–H and O–H groups in total. The Morgan fingerprint density at radius 1 is 0.667 bits per heavy atom. The van der Waals surface area contributed by atoms with Crippen molar-refractivity contribution in [1.29, 1.82) is 0 Å². The van der Waals surface area contributed by atoms with Crippen molar-refractivity contribution >= 4 is 38.5 Å². The summed E-state index contributed by atoms with van der Waals surface area (Å²) in [4.78, 5) is 9.89. The molecule has 0 aliphatic carbocycles. The Morgan fingerprint density at radius 2 is 1.43 bits per heavy atom. The van der Waals surface area contributed by atoms with Gasteiger partial charge in [-0.05, 0) is 73.4 Å². The minimum atomic E-state index is 0.963. The van der Waals surface area contributed by atoms with E-state index in [1.807, 2.05) is 13.0 Å². The van der Waals surface area contributed by atoms with Crippen LogP contribution in [0.4, 0.5) is 0 Å². The SMILES string of the molecule is Cc1ccc2c(n1)c1ccc(-c3c(C)cccc3C)cc1n1c3ccccc3nc21. The fourth-order valence-electron chi connectivity index (χ4n) is 4.74. The molecule has 30 heavy (non-hydrogen) atoms. The maximum absolute atomic E-state index is 4.98. The van der Waals surface area contributed by atoms with E-state index in [2.05, 4.69) is 85.0 Å².